The summed E-state index contributed by atoms with van der Waals surface area (Å²) in [7, 11) is 3.66. The standard InChI is InChI=1S/C18H33N5O.2ClH/c1-13-7-14(2)10-23(9-13)18(3,4)12-20-17(24)16(19-5)15-8-21-22(6)11-15;;/h8,11,13-14,16,19H,7,9-10,12H2,1-6H3,(H,20,24);2*1H. The fraction of sp³-hybridized carbons (Fsp3) is 0.778. The first-order valence-electron chi connectivity index (χ1n) is 8.91. The number of amides is 1. The van der Waals surface area contributed by atoms with Crippen molar-refractivity contribution in [1.82, 2.24) is 25.3 Å². The minimum Gasteiger partial charge on any atom is -0.353 e. The lowest BCUT2D eigenvalue weighted by Gasteiger charge is -2.45. The highest BCUT2D eigenvalue weighted by Gasteiger charge is 2.33. The van der Waals surface area contributed by atoms with Crippen LogP contribution in [0.1, 0.15) is 45.7 Å². The quantitative estimate of drug-likeness (QED) is 0.759. The number of carbonyl (C=O) groups is 1. The van der Waals surface area contributed by atoms with E-state index < -0.39 is 0 Å². The first kappa shape index (κ1) is 25.2. The Hall–Kier alpha value is -0.820. The van der Waals surface area contributed by atoms with Crippen LogP contribution in [0, 0.1) is 11.8 Å². The second-order valence-electron chi connectivity index (χ2n) is 8.05. The van der Waals surface area contributed by atoms with E-state index in [-0.39, 0.29) is 42.3 Å². The molecule has 8 heteroatoms. The molecule has 3 atom stereocenters. The molecule has 2 N–H and O–H groups in total. The van der Waals surface area contributed by atoms with Crippen molar-refractivity contribution in [3.63, 3.8) is 0 Å². The van der Waals surface area contributed by atoms with Gasteiger partial charge in [0.25, 0.3) is 0 Å². The third kappa shape index (κ3) is 6.41. The zero-order chi connectivity index (χ0) is 17.9. The molecule has 2 heterocycles. The number of aryl methyl sites for hydroxylation is 1. The molecule has 0 aliphatic carbocycles. The highest BCUT2D eigenvalue weighted by atomic mass is 35.5. The second kappa shape index (κ2) is 10.5. The molecule has 1 saturated heterocycles. The molecule has 0 spiro atoms. The minimum atomic E-state index is -0.367. The zero-order valence-electron chi connectivity index (χ0n) is 16.8. The number of aromatic nitrogens is 2. The van der Waals surface area contributed by atoms with Crippen LogP contribution >= 0.6 is 24.8 Å². The topological polar surface area (TPSA) is 62.2 Å². The minimum absolute atomic E-state index is 0. The number of piperidine rings is 1. The molecule has 1 fully saturated rings. The third-order valence-electron chi connectivity index (χ3n) is 5.03. The van der Waals surface area contributed by atoms with E-state index in [0.717, 1.165) is 18.7 Å². The largest absolute Gasteiger partial charge is 0.353 e. The molecule has 0 radical (unpaired) electrons. The van der Waals surface area contributed by atoms with Gasteiger partial charge in [0.05, 0.1) is 6.20 Å². The molecular formula is C18H35Cl2N5O. The van der Waals surface area contributed by atoms with E-state index in [2.05, 4.69) is 48.3 Å². The van der Waals surface area contributed by atoms with Gasteiger partial charge in [-0.2, -0.15) is 5.10 Å². The number of halogens is 2. The van der Waals surface area contributed by atoms with E-state index in [1.165, 1.54) is 6.42 Å². The highest BCUT2D eigenvalue weighted by molar-refractivity contribution is 5.85. The van der Waals surface area contributed by atoms with Gasteiger partial charge in [-0.05, 0) is 39.2 Å². The lowest BCUT2D eigenvalue weighted by molar-refractivity contribution is -0.123. The van der Waals surface area contributed by atoms with E-state index in [1.807, 2.05) is 13.2 Å². The Bertz CT molecular complexity index is 554. The van der Waals surface area contributed by atoms with Crippen molar-refractivity contribution in [2.45, 2.75) is 45.7 Å². The molecule has 1 aromatic heterocycles. The summed E-state index contributed by atoms with van der Waals surface area (Å²) in [5.74, 6) is 1.42. The Morgan fingerprint density at radius 2 is 1.88 bits per heavy atom. The summed E-state index contributed by atoms with van der Waals surface area (Å²) in [5, 5.41) is 10.4. The van der Waals surface area contributed by atoms with Gasteiger partial charge >= 0.3 is 0 Å². The average molecular weight is 408 g/mol. The van der Waals surface area contributed by atoms with Gasteiger partial charge in [0, 0.05) is 44.0 Å². The van der Waals surface area contributed by atoms with Crippen LogP contribution in [-0.2, 0) is 11.8 Å². The Kier molecular flexibility index (Phi) is 10.2. The number of hydrogen-bond donors (Lipinski definition) is 2. The Morgan fingerprint density at radius 1 is 1.31 bits per heavy atom. The van der Waals surface area contributed by atoms with Gasteiger partial charge in [0.2, 0.25) is 5.91 Å². The number of nitrogens with one attached hydrogen (secondary N) is 2. The van der Waals surface area contributed by atoms with Crippen molar-refractivity contribution in [1.29, 1.82) is 0 Å². The van der Waals surface area contributed by atoms with Crippen molar-refractivity contribution in [2.75, 3.05) is 26.7 Å². The van der Waals surface area contributed by atoms with Crippen molar-refractivity contribution < 1.29 is 4.79 Å². The van der Waals surface area contributed by atoms with Gasteiger partial charge in [-0.15, -0.1) is 24.8 Å². The monoisotopic (exact) mass is 407 g/mol. The zero-order valence-corrected chi connectivity index (χ0v) is 18.4. The molecule has 1 aliphatic heterocycles. The molecule has 0 bridgehead atoms. The Labute approximate surface area is 170 Å². The van der Waals surface area contributed by atoms with Gasteiger partial charge in [0.15, 0.2) is 0 Å². The summed E-state index contributed by atoms with van der Waals surface area (Å²) in [6.07, 6.45) is 4.90. The van der Waals surface area contributed by atoms with Crippen molar-refractivity contribution >= 4 is 30.7 Å². The summed E-state index contributed by atoms with van der Waals surface area (Å²) in [4.78, 5) is 15.1. The molecule has 2 rings (SSSR count). The van der Waals surface area contributed by atoms with E-state index in [9.17, 15) is 4.79 Å². The molecule has 1 aliphatic rings. The molecule has 3 unspecified atom stereocenters. The summed E-state index contributed by atoms with van der Waals surface area (Å²) in [5.41, 5.74) is 0.835. The van der Waals surface area contributed by atoms with E-state index in [4.69, 9.17) is 0 Å². The second-order valence-corrected chi connectivity index (χ2v) is 8.05. The predicted molar refractivity (Wildman–Crippen MR) is 111 cm³/mol. The number of rotatable bonds is 6. The van der Waals surface area contributed by atoms with Crippen LogP contribution in [0.4, 0.5) is 0 Å². The maximum atomic E-state index is 12.6. The maximum Gasteiger partial charge on any atom is 0.241 e. The lowest BCUT2D eigenvalue weighted by atomic mass is 9.88. The van der Waals surface area contributed by atoms with Gasteiger partial charge in [-0.1, -0.05) is 13.8 Å². The molecule has 152 valence electrons. The van der Waals surface area contributed by atoms with Crippen LogP contribution < -0.4 is 10.6 Å². The van der Waals surface area contributed by atoms with E-state index >= 15 is 0 Å². The molecular weight excluding hydrogens is 373 g/mol. The van der Waals surface area contributed by atoms with Gasteiger partial charge in [-0.25, -0.2) is 0 Å². The first-order chi connectivity index (χ1) is 11.2. The van der Waals surface area contributed by atoms with Crippen LogP contribution in [0.2, 0.25) is 0 Å². The van der Waals surface area contributed by atoms with Crippen LogP contribution in [0.15, 0.2) is 12.4 Å². The summed E-state index contributed by atoms with van der Waals surface area (Å²) in [6, 6.07) is -0.367. The number of carbonyl (C=O) groups excluding carboxylic acids is 1. The van der Waals surface area contributed by atoms with Crippen LogP contribution in [0.5, 0.6) is 0 Å². The van der Waals surface area contributed by atoms with Crippen molar-refractivity contribution in [3.8, 4) is 0 Å². The Morgan fingerprint density at radius 3 is 2.35 bits per heavy atom. The predicted octanol–water partition coefficient (Wildman–Crippen LogP) is 2.40. The average Bonchev–Trinajstić information content (AvgIpc) is 2.91. The molecule has 0 saturated carbocycles. The fourth-order valence-corrected chi connectivity index (χ4v) is 3.71. The van der Waals surface area contributed by atoms with Crippen molar-refractivity contribution in [3.05, 3.63) is 18.0 Å². The summed E-state index contributed by atoms with van der Waals surface area (Å²) in [6.45, 7) is 11.9. The van der Waals surface area contributed by atoms with E-state index in [0.29, 0.717) is 18.4 Å². The SMILES string of the molecule is CNC(C(=O)NCC(C)(C)N1CC(C)CC(C)C1)c1cnn(C)c1.Cl.Cl. The van der Waals surface area contributed by atoms with Crippen LogP contribution in [0.25, 0.3) is 0 Å². The first-order valence-corrected chi connectivity index (χ1v) is 8.91. The van der Waals surface area contributed by atoms with Crippen molar-refractivity contribution in [2.24, 2.45) is 18.9 Å². The number of nitrogens with zero attached hydrogens (tertiary/aromatic N) is 3. The normalized spacial score (nSPS) is 22.1. The number of hydrogen-bond acceptors (Lipinski definition) is 4. The lowest BCUT2D eigenvalue weighted by Crippen LogP contribution is -2.56. The fourth-order valence-electron chi connectivity index (χ4n) is 3.71. The van der Waals surface area contributed by atoms with E-state index in [1.54, 1.807) is 17.9 Å². The number of likely N-dealkylation sites (N-methyl/N-ethyl adjacent to an activating group) is 1. The van der Waals surface area contributed by atoms with Crippen LogP contribution in [0.3, 0.4) is 0 Å². The maximum absolute atomic E-state index is 12.6. The number of likely N-dealkylation sites (tertiary alicyclic amines) is 1. The van der Waals surface area contributed by atoms with Gasteiger partial charge in [-0.3, -0.25) is 14.4 Å². The molecule has 0 aromatic carbocycles. The molecule has 6 nitrogen and oxygen atoms in total. The Balaban J connectivity index is 0.00000312. The van der Waals surface area contributed by atoms with Gasteiger partial charge < -0.3 is 10.6 Å². The molecule has 1 amide bonds. The molecule has 26 heavy (non-hydrogen) atoms. The summed E-state index contributed by atoms with van der Waals surface area (Å²) < 4.78 is 1.72. The van der Waals surface area contributed by atoms with Gasteiger partial charge in [0.1, 0.15) is 6.04 Å². The summed E-state index contributed by atoms with van der Waals surface area (Å²) >= 11 is 0. The third-order valence-corrected chi connectivity index (χ3v) is 5.03. The highest BCUT2D eigenvalue weighted by Crippen LogP contribution is 2.27. The molecule has 1 aromatic rings. The van der Waals surface area contributed by atoms with Crippen LogP contribution in [-0.4, -0.2) is 52.8 Å². The smallest absolute Gasteiger partial charge is 0.241 e.